The lowest BCUT2D eigenvalue weighted by molar-refractivity contribution is -0.390. The highest BCUT2D eigenvalue weighted by atomic mass is 16.2. The summed E-state index contributed by atoms with van der Waals surface area (Å²) in [5, 5.41) is 3.26. The number of rotatable bonds is 6. The van der Waals surface area contributed by atoms with E-state index in [0.29, 0.717) is 23.9 Å². The van der Waals surface area contributed by atoms with Crippen molar-refractivity contribution in [3.63, 3.8) is 0 Å². The van der Waals surface area contributed by atoms with Gasteiger partial charge >= 0.3 is 5.69 Å². The second-order valence-corrected chi connectivity index (χ2v) is 5.70. The van der Waals surface area contributed by atoms with Crippen LogP contribution >= 0.6 is 0 Å². The van der Waals surface area contributed by atoms with E-state index in [2.05, 4.69) is 15.3 Å². The van der Waals surface area contributed by atoms with E-state index < -0.39 is 5.69 Å². The fraction of sp³-hybridized carbons (Fsp3) is 0.222. The molecule has 0 spiro atoms. The summed E-state index contributed by atoms with van der Waals surface area (Å²) in [6.45, 7) is 0.611. The number of H-pyrrole nitrogens is 2. The quantitative estimate of drug-likeness (QED) is 0.688. The normalized spacial score (nSPS) is 10.7. The second kappa shape index (κ2) is 7.57. The molecule has 7 nitrogen and oxygen atoms in total. The molecule has 0 radical (unpaired) electrons. The topological polar surface area (TPSA) is 98.1 Å². The van der Waals surface area contributed by atoms with E-state index in [0.717, 1.165) is 10.3 Å². The summed E-state index contributed by atoms with van der Waals surface area (Å²) in [6, 6.07) is 12.5. The van der Waals surface area contributed by atoms with Crippen molar-refractivity contribution in [2.45, 2.75) is 25.9 Å². The largest absolute Gasteiger partial charge is 0.346 e. The van der Waals surface area contributed by atoms with Gasteiger partial charge in [-0.1, -0.05) is 18.2 Å². The smallest absolute Gasteiger partial charge is 0.328 e. The van der Waals surface area contributed by atoms with E-state index in [4.69, 9.17) is 0 Å². The first-order chi connectivity index (χ1) is 12.1. The van der Waals surface area contributed by atoms with Crippen LogP contribution in [0, 0.1) is 0 Å². The average molecular weight is 339 g/mol. The van der Waals surface area contributed by atoms with Crippen molar-refractivity contribution in [3.8, 4) is 0 Å². The average Bonchev–Trinajstić information content (AvgIpc) is 2.63. The van der Waals surface area contributed by atoms with Gasteiger partial charge in [-0.3, -0.25) is 14.2 Å². The minimum absolute atomic E-state index is 0.123. The zero-order valence-electron chi connectivity index (χ0n) is 13.6. The van der Waals surface area contributed by atoms with Gasteiger partial charge in [0.1, 0.15) is 6.54 Å². The highest BCUT2D eigenvalue weighted by Crippen LogP contribution is 2.03. The summed E-state index contributed by atoms with van der Waals surface area (Å²) in [6.07, 6.45) is 2.44. The number of pyridine rings is 1. The molecule has 0 aliphatic heterocycles. The standard InChI is InChI=1S/C18H18N4O3/c23-16(20-12-13-6-3-4-10-19-13)9-5-11-22-17(24)14-7-1-2-8-15(14)21-18(22)25/h1-4,6-8,10H,5,9,11-12H2,(H,20,23)(H,21,25)/p+1. The molecule has 0 saturated heterocycles. The number of amides is 1. The van der Waals surface area contributed by atoms with Crippen molar-refractivity contribution in [2.75, 3.05) is 0 Å². The van der Waals surface area contributed by atoms with Gasteiger partial charge in [0.05, 0.1) is 10.9 Å². The van der Waals surface area contributed by atoms with Gasteiger partial charge in [0.2, 0.25) is 5.91 Å². The summed E-state index contributed by atoms with van der Waals surface area (Å²) in [4.78, 5) is 42.0. The molecular weight excluding hydrogens is 320 g/mol. The van der Waals surface area contributed by atoms with Crippen LogP contribution in [0.2, 0.25) is 0 Å². The zero-order chi connectivity index (χ0) is 17.6. The molecule has 3 rings (SSSR count). The van der Waals surface area contributed by atoms with Crippen LogP contribution in [-0.4, -0.2) is 15.5 Å². The van der Waals surface area contributed by atoms with Gasteiger partial charge in [-0.25, -0.2) is 9.78 Å². The Morgan fingerprint density at radius 1 is 1.12 bits per heavy atom. The molecule has 3 N–H and O–H groups in total. The van der Waals surface area contributed by atoms with E-state index in [1.165, 1.54) is 0 Å². The number of aromatic nitrogens is 3. The molecule has 2 heterocycles. The molecule has 0 bridgehead atoms. The molecule has 2 aromatic heterocycles. The van der Waals surface area contributed by atoms with E-state index in [1.54, 1.807) is 30.5 Å². The van der Waals surface area contributed by atoms with E-state index >= 15 is 0 Å². The molecule has 25 heavy (non-hydrogen) atoms. The highest BCUT2D eigenvalue weighted by Gasteiger charge is 2.09. The number of aromatic amines is 2. The Kier molecular flexibility index (Phi) is 5.03. The van der Waals surface area contributed by atoms with Crippen LogP contribution in [0.3, 0.4) is 0 Å². The number of hydrogen-bond acceptors (Lipinski definition) is 3. The minimum atomic E-state index is -0.456. The number of fused-ring (bicyclic) bond motifs is 1. The van der Waals surface area contributed by atoms with Gasteiger partial charge < -0.3 is 10.3 Å². The number of hydrogen-bond donors (Lipinski definition) is 2. The van der Waals surface area contributed by atoms with E-state index in [9.17, 15) is 14.4 Å². The molecule has 1 amide bonds. The lowest BCUT2D eigenvalue weighted by Gasteiger charge is -2.06. The van der Waals surface area contributed by atoms with Gasteiger partial charge in [-0.2, -0.15) is 0 Å². The van der Waals surface area contributed by atoms with Gasteiger partial charge in [-0.05, 0) is 18.6 Å². The third kappa shape index (κ3) is 4.00. The zero-order valence-corrected chi connectivity index (χ0v) is 13.6. The van der Waals surface area contributed by atoms with Crippen LogP contribution in [0.15, 0.2) is 58.3 Å². The van der Waals surface area contributed by atoms with Gasteiger partial charge in [0, 0.05) is 25.1 Å². The first-order valence-corrected chi connectivity index (χ1v) is 8.09. The summed E-state index contributed by atoms with van der Waals surface area (Å²) < 4.78 is 1.14. The van der Waals surface area contributed by atoms with Gasteiger partial charge in [0.25, 0.3) is 5.56 Å². The van der Waals surface area contributed by atoms with Crippen molar-refractivity contribution in [2.24, 2.45) is 0 Å². The Labute approximate surface area is 143 Å². The molecule has 0 unspecified atom stereocenters. The molecule has 0 aliphatic rings. The van der Waals surface area contributed by atoms with Crippen molar-refractivity contribution < 1.29 is 9.78 Å². The molecule has 3 aromatic rings. The Morgan fingerprint density at radius 2 is 1.92 bits per heavy atom. The van der Waals surface area contributed by atoms with Crippen molar-refractivity contribution in [1.29, 1.82) is 0 Å². The maximum absolute atomic E-state index is 12.4. The molecule has 0 atom stereocenters. The number of para-hydroxylation sites is 1. The maximum Gasteiger partial charge on any atom is 0.328 e. The van der Waals surface area contributed by atoms with Crippen LogP contribution in [0.1, 0.15) is 18.5 Å². The second-order valence-electron chi connectivity index (χ2n) is 5.70. The van der Waals surface area contributed by atoms with Crippen LogP contribution < -0.4 is 21.5 Å². The molecule has 7 heteroatoms. The molecular formula is C18H19N4O3+. The Morgan fingerprint density at radius 3 is 2.72 bits per heavy atom. The van der Waals surface area contributed by atoms with Crippen molar-refractivity contribution in [1.82, 2.24) is 14.9 Å². The number of benzene rings is 1. The van der Waals surface area contributed by atoms with E-state index in [1.807, 2.05) is 18.2 Å². The molecule has 0 saturated carbocycles. The third-order valence-corrected chi connectivity index (χ3v) is 3.92. The monoisotopic (exact) mass is 339 g/mol. The SMILES string of the molecule is O=C(CCCn1c(=O)[nH]c2ccccc2c1=O)NCc1cccc[nH+]1. The first-order valence-electron chi connectivity index (χ1n) is 8.09. The Hall–Kier alpha value is -3.22. The van der Waals surface area contributed by atoms with Crippen LogP contribution in [0.25, 0.3) is 10.9 Å². The number of nitrogens with one attached hydrogen (secondary N) is 3. The Bertz CT molecular complexity index is 992. The number of nitrogens with zero attached hydrogens (tertiary/aromatic N) is 1. The fourth-order valence-electron chi connectivity index (χ4n) is 2.62. The molecule has 0 aliphatic carbocycles. The summed E-state index contributed by atoms with van der Waals surface area (Å²) in [7, 11) is 0. The van der Waals surface area contributed by atoms with Crippen LogP contribution in [0.5, 0.6) is 0 Å². The predicted octanol–water partition coefficient (Wildman–Crippen LogP) is 0.600. The molecule has 128 valence electrons. The summed E-state index contributed by atoms with van der Waals surface area (Å²) in [5.41, 5.74) is 0.630. The minimum Gasteiger partial charge on any atom is -0.346 e. The lowest BCUT2D eigenvalue weighted by atomic mass is 10.2. The maximum atomic E-state index is 12.4. The fourth-order valence-corrected chi connectivity index (χ4v) is 2.62. The van der Waals surface area contributed by atoms with Crippen LogP contribution in [0.4, 0.5) is 0 Å². The number of carbonyl (C=O) groups is 1. The van der Waals surface area contributed by atoms with Crippen molar-refractivity contribution in [3.05, 3.63) is 75.2 Å². The lowest BCUT2D eigenvalue weighted by Crippen LogP contribution is -2.35. The first kappa shape index (κ1) is 16.6. The van der Waals surface area contributed by atoms with Gasteiger partial charge in [0.15, 0.2) is 11.9 Å². The Balaban J connectivity index is 1.59. The third-order valence-electron chi connectivity index (χ3n) is 3.92. The summed E-state index contributed by atoms with van der Waals surface area (Å²) in [5.74, 6) is -0.123. The number of carbonyl (C=O) groups excluding carboxylic acids is 1. The predicted molar refractivity (Wildman–Crippen MR) is 92.9 cm³/mol. The summed E-state index contributed by atoms with van der Waals surface area (Å²) >= 11 is 0. The van der Waals surface area contributed by atoms with Crippen LogP contribution in [-0.2, 0) is 17.9 Å². The van der Waals surface area contributed by atoms with Gasteiger partial charge in [-0.15, -0.1) is 0 Å². The molecule has 1 aromatic carbocycles. The highest BCUT2D eigenvalue weighted by molar-refractivity contribution is 5.77. The molecule has 0 fully saturated rings. The van der Waals surface area contributed by atoms with Crippen molar-refractivity contribution >= 4 is 16.8 Å². The van der Waals surface area contributed by atoms with E-state index in [-0.39, 0.29) is 24.4 Å².